The molecule has 0 aromatic heterocycles. The van der Waals surface area contributed by atoms with E-state index < -0.39 is 0 Å². The summed E-state index contributed by atoms with van der Waals surface area (Å²) in [5.74, 6) is 1.23. The highest BCUT2D eigenvalue weighted by Crippen LogP contribution is 2.33. The highest BCUT2D eigenvalue weighted by Gasteiger charge is 2.23. The fourth-order valence-corrected chi connectivity index (χ4v) is 2.91. The van der Waals surface area contributed by atoms with Gasteiger partial charge in [-0.1, -0.05) is 19.3 Å². The van der Waals surface area contributed by atoms with Crippen molar-refractivity contribution in [2.24, 2.45) is 5.92 Å². The zero-order valence-corrected chi connectivity index (χ0v) is 12.1. The number of hydrogen-bond acceptors (Lipinski definition) is 4. The molecule has 0 radical (unpaired) electrons. The van der Waals surface area contributed by atoms with E-state index in [1.54, 1.807) is 19.2 Å². The SMILES string of the molecule is COc1ccc([N+](=O)[O-])c(NC(C)C2CCCCC2)c1. The van der Waals surface area contributed by atoms with Gasteiger partial charge in [-0.05, 0) is 31.7 Å². The van der Waals surface area contributed by atoms with Gasteiger partial charge in [-0.3, -0.25) is 10.1 Å². The van der Waals surface area contributed by atoms with Gasteiger partial charge < -0.3 is 10.1 Å². The fourth-order valence-electron chi connectivity index (χ4n) is 2.91. The van der Waals surface area contributed by atoms with Crippen molar-refractivity contribution in [3.8, 4) is 5.75 Å². The summed E-state index contributed by atoms with van der Waals surface area (Å²) >= 11 is 0. The van der Waals surface area contributed by atoms with Gasteiger partial charge in [0.15, 0.2) is 0 Å². The largest absolute Gasteiger partial charge is 0.497 e. The standard InChI is InChI=1S/C15H22N2O3/c1-11(12-6-4-3-5-7-12)16-14-10-13(20-2)8-9-15(14)17(18)19/h8-12,16H,3-7H2,1-2H3. The van der Waals surface area contributed by atoms with Crippen LogP contribution >= 0.6 is 0 Å². The van der Waals surface area contributed by atoms with Gasteiger partial charge in [0.25, 0.3) is 5.69 Å². The summed E-state index contributed by atoms with van der Waals surface area (Å²) in [4.78, 5) is 10.8. The molecule has 0 bridgehead atoms. The molecule has 0 saturated heterocycles. The van der Waals surface area contributed by atoms with Crippen molar-refractivity contribution in [3.05, 3.63) is 28.3 Å². The minimum Gasteiger partial charge on any atom is -0.497 e. The van der Waals surface area contributed by atoms with Crippen LogP contribution in [-0.4, -0.2) is 18.1 Å². The van der Waals surface area contributed by atoms with Crippen molar-refractivity contribution in [2.45, 2.75) is 45.1 Å². The Morgan fingerprint density at radius 1 is 1.35 bits per heavy atom. The normalized spacial score (nSPS) is 17.5. The third kappa shape index (κ3) is 3.40. The summed E-state index contributed by atoms with van der Waals surface area (Å²) in [6, 6.07) is 5.06. The van der Waals surface area contributed by atoms with E-state index in [0.717, 1.165) is 0 Å². The second kappa shape index (κ2) is 6.59. The molecule has 1 N–H and O–H groups in total. The number of nitrogens with zero attached hydrogens (tertiary/aromatic N) is 1. The Bertz CT molecular complexity index is 470. The maximum atomic E-state index is 11.1. The van der Waals surface area contributed by atoms with Gasteiger partial charge in [0.1, 0.15) is 11.4 Å². The second-order valence-electron chi connectivity index (χ2n) is 5.47. The molecule has 1 fully saturated rings. The number of methoxy groups -OCH3 is 1. The lowest BCUT2D eigenvalue weighted by Gasteiger charge is -2.28. The lowest BCUT2D eigenvalue weighted by atomic mass is 9.84. The molecule has 110 valence electrons. The van der Waals surface area contributed by atoms with E-state index in [1.807, 2.05) is 0 Å². The molecule has 0 heterocycles. The smallest absolute Gasteiger partial charge is 0.292 e. The van der Waals surface area contributed by atoms with Gasteiger partial charge in [-0.25, -0.2) is 0 Å². The highest BCUT2D eigenvalue weighted by atomic mass is 16.6. The first kappa shape index (κ1) is 14.6. The minimum absolute atomic E-state index is 0.105. The van der Waals surface area contributed by atoms with E-state index in [0.29, 0.717) is 17.4 Å². The quantitative estimate of drug-likeness (QED) is 0.653. The predicted molar refractivity (Wildman–Crippen MR) is 79.3 cm³/mol. The van der Waals surface area contributed by atoms with Crippen molar-refractivity contribution in [1.82, 2.24) is 0 Å². The van der Waals surface area contributed by atoms with Crippen LogP contribution in [0.4, 0.5) is 11.4 Å². The Hall–Kier alpha value is -1.78. The number of nitro benzene ring substituents is 1. The monoisotopic (exact) mass is 278 g/mol. The molecular weight excluding hydrogens is 256 g/mol. The molecule has 1 aromatic rings. The van der Waals surface area contributed by atoms with Crippen molar-refractivity contribution in [2.75, 3.05) is 12.4 Å². The average molecular weight is 278 g/mol. The van der Waals surface area contributed by atoms with Crippen molar-refractivity contribution < 1.29 is 9.66 Å². The average Bonchev–Trinajstić information content (AvgIpc) is 2.47. The molecule has 0 amide bonds. The molecule has 20 heavy (non-hydrogen) atoms. The molecule has 0 aliphatic heterocycles. The van der Waals surface area contributed by atoms with E-state index in [4.69, 9.17) is 4.74 Å². The van der Waals surface area contributed by atoms with E-state index in [9.17, 15) is 10.1 Å². The van der Waals surface area contributed by atoms with Crippen LogP contribution in [0.1, 0.15) is 39.0 Å². The topological polar surface area (TPSA) is 64.4 Å². The molecule has 2 rings (SSSR count). The third-order valence-corrected chi connectivity index (χ3v) is 4.14. The van der Waals surface area contributed by atoms with E-state index in [-0.39, 0.29) is 16.7 Å². The maximum absolute atomic E-state index is 11.1. The number of nitrogens with one attached hydrogen (secondary N) is 1. The van der Waals surface area contributed by atoms with Crippen LogP contribution in [0.3, 0.4) is 0 Å². The van der Waals surface area contributed by atoms with Crippen molar-refractivity contribution in [1.29, 1.82) is 0 Å². The number of nitro groups is 1. The minimum atomic E-state index is -0.352. The number of anilines is 1. The first-order valence-corrected chi connectivity index (χ1v) is 7.21. The lowest BCUT2D eigenvalue weighted by molar-refractivity contribution is -0.384. The summed E-state index contributed by atoms with van der Waals surface area (Å²) in [6.45, 7) is 2.11. The van der Waals surface area contributed by atoms with Crippen LogP contribution in [0.25, 0.3) is 0 Å². The zero-order valence-electron chi connectivity index (χ0n) is 12.1. The molecule has 0 spiro atoms. The molecule has 5 nitrogen and oxygen atoms in total. The van der Waals surface area contributed by atoms with Gasteiger partial charge in [0.2, 0.25) is 0 Å². The van der Waals surface area contributed by atoms with Crippen LogP contribution in [-0.2, 0) is 0 Å². The predicted octanol–water partition coefficient (Wildman–Crippen LogP) is 3.98. The number of ether oxygens (including phenoxy) is 1. The molecular formula is C15H22N2O3. The first-order chi connectivity index (χ1) is 9.61. The zero-order chi connectivity index (χ0) is 14.5. The molecule has 1 aliphatic rings. The van der Waals surface area contributed by atoms with E-state index in [2.05, 4.69) is 12.2 Å². The molecule has 1 aromatic carbocycles. The van der Waals surface area contributed by atoms with Crippen LogP contribution in [0, 0.1) is 16.0 Å². The number of rotatable bonds is 5. The van der Waals surface area contributed by atoms with Gasteiger partial charge in [-0.15, -0.1) is 0 Å². The highest BCUT2D eigenvalue weighted by molar-refractivity contribution is 5.64. The maximum Gasteiger partial charge on any atom is 0.292 e. The second-order valence-corrected chi connectivity index (χ2v) is 5.47. The van der Waals surface area contributed by atoms with Gasteiger partial charge in [-0.2, -0.15) is 0 Å². The Balaban J connectivity index is 2.15. The van der Waals surface area contributed by atoms with Crippen LogP contribution in [0.15, 0.2) is 18.2 Å². The summed E-state index contributed by atoms with van der Waals surface area (Å²) in [6.07, 6.45) is 6.23. The third-order valence-electron chi connectivity index (χ3n) is 4.14. The van der Waals surface area contributed by atoms with Crippen molar-refractivity contribution >= 4 is 11.4 Å². The molecule has 1 atom stereocenters. The Labute approximate surface area is 119 Å². The number of hydrogen-bond donors (Lipinski definition) is 1. The summed E-state index contributed by atoms with van der Waals surface area (Å²) in [7, 11) is 1.56. The molecule has 1 unspecified atom stereocenters. The summed E-state index contributed by atoms with van der Waals surface area (Å²) < 4.78 is 5.15. The Morgan fingerprint density at radius 3 is 2.65 bits per heavy atom. The number of benzene rings is 1. The first-order valence-electron chi connectivity index (χ1n) is 7.21. The van der Waals surface area contributed by atoms with Gasteiger partial charge >= 0.3 is 0 Å². The Morgan fingerprint density at radius 2 is 2.05 bits per heavy atom. The molecule has 1 saturated carbocycles. The van der Waals surface area contributed by atoms with Crippen LogP contribution in [0.5, 0.6) is 5.75 Å². The molecule has 5 heteroatoms. The van der Waals surface area contributed by atoms with Crippen LogP contribution in [0.2, 0.25) is 0 Å². The van der Waals surface area contributed by atoms with Crippen molar-refractivity contribution in [3.63, 3.8) is 0 Å². The van der Waals surface area contributed by atoms with E-state index >= 15 is 0 Å². The molecule has 1 aliphatic carbocycles. The summed E-state index contributed by atoms with van der Waals surface area (Å²) in [5.41, 5.74) is 0.654. The summed E-state index contributed by atoms with van der Waals surface area (Å²) in [5, 5.41) is 14.4. The van der Waals surface area contributed by atoms with E-state index in [1.165, 1.54) is 38.2 Å². The fraction of sp³-hybridized carbons (Fsp3) is 0.600. The van der Waals surface area contributed by atoms with Gasteiger partial charge in [0.05, 0.1) is 12.0 Å². The lowest BCUT2D eigenvalue weighted by Crippen LogP contribution is -2.28. The van der Waals surface area contributed by atoms with Crippen LogP contribution < -0.4 is 10.1 Å². The Kier molecular flexibility index (Phi) is 4.82. The van der Waals surface area contributed by atoms with Gasteiger partial charge in [0, 0.05) is 18.2 Å².